The van der Waals surface area contributed by atoms with Gasteiger partial charge in [0.1, 0.15) is 0 Å². The molecule has 1 fully saturated rings. The minimum absolute atomic E-state index is 0.111. The van der Waals surface area contributed by atoms with Crippen LogP contribution in [0.15, 0.2) is 24.3 Å². The van der Waals surface area contributed by atoms with Crippen LogP contribution in [-0.4, -0.2) is 17.8 Å². The van der Waals surface area contributed by atoms with Crippen molar-refractivity contribution in [1.82, 2.24) is 5.32 Å². The molecule has 1 aliphatic carbocycles. The minimum Gasteiger partial charge on any atom is -0.393 e. The van der Waals surface area contributed by atoms with Crippen molar-refractivity contribution in [2.24, 2.45) is 5.92 Å². The van der Waals surface area contributed by atoms with Crippen LogP contribution in [0.2, 0.25) is 5.02 Å². The molecule has 94 valence electrons. The smallest absolute Gasteiger partial charge is 0.0580 e. The van der Waals surface area contributed by atoms with Crippen LogP contribution in [0.1, 0.15) is 37.8 Å². The maximum absolute atomic E-state index is 9.75. The van der Waals surface area contributed by atoms with Crippen molar-refractivity contribution in [1.29, 1.82) is 0 Å². The van der Waals surface area contributed by atoms with E-state index >= 15 is 0 Å². The first kappa shape index (κ1) is 12.9. The van der Waals surface area contributed by atoms with Gasteiger partial charge in [0.05, 0.1) is 6.10 Å². The normalized spacial score (nSPS) is 26.1. The highest BCUT2D eigenvalue weighted by molar-refractivity contribution is 6.30. The van der Waals surface area contributed by atoms with Crippen LogP contribution in [0.4, 0.5) is 0 Å². The number of rotatable bonds is 4. The highest BCUT2D eigenvalue weighted by Gasteiger charge is 2.25. The van der Waals surface area contributed by atoms with Crippen LogP contribution < -0.4 is 5.32 Å². The van der Waals surface area contributed by atoms with E-state index in [2.05, 4.69) is 12.2 Å². The molecule has 17 heavy (non-hydrogen) atoms. The van der Waals surface area contributed by atoms with Crippen molar-refractivity contribution in [3.63, 3.8) is 0 Å². The Kier molecular flexibility index (Phi) is 4.43. The van der Waals surface area contributed by atoms with Gasteiger partial charge in [-0.3, -0.25) is 0 Å². The molecule has 0 aliphatic heterocycles. The van der Waals surface area contributed by atoms with E-state index in [1.807, 2.05) is 24.3 Å². The molecule has 0 radical (unpaired) electrons. The Balaban J connectivity index is 1.84. The maximum Gasteiger partial charge on any atom is 0.0580 e. The zero-order chi connectivity index (χ0) is 12.3. The number of halogens is 1. The molecular weight excluding hydrogens is 234 g/mol. The van der Waals surface area contributed by atoms with Crippen molar-refractivity contribution in [3.05, 3.63) is 34.9 Å². The van der Waals surface area contributed by atoms with Crippen molar-refractivity contribution in [2.75, 3.05) is 6.54 Å². The topological polar surface area (TPSA) is 32.3 Å². The van der Waals surface area contributed by atoms with E-state index < -0.39 is 0 Å². The molecule has 1 aromatic rings. The predicted molar refractivity (Wildman–Crippen MR) is 71.2 cm³/mol. The average Bonchev–Trinajstić information content (AvgIpc) is 2.73. The van der Waals surface area contributed by atoms with Gasteiger partial charge in [0.2, 0.25) is 0 Å². The number of nitrogens with one attached hydrogen (secondary N) is 1. The Bertz CT molecular complexity index is 352. The summed E-state index contributed by atoms with van der Waals surface area (Å²) in [4.78, 5) is 0. The third kappa shape index (κ3) is 3.44. The van der Waals surface area contributed by atoms with Crippen LogP contribution in [0.3, 0.4) is 0 Å². The van der Waals surface area contributed by atoms with Crippen molar-refractivity contribution >= 4 is 11.6 Å². The second-order valence-electron chi connectivity index (χ2n) is 4.94. The Labute approximate surface area is 108 Å². The monoisotopic (exact) mass is 253 g/mol. The lowest BCUT2D eigenvalue weighted by atomic mass is 10.0. The Morgan fingerprint density at radius 3 is 2.65 bits per heavy atom. The summed E-state index contributed by atoms with van der Waals surface area (Å²) in [6.45, 7) is 3.04. The van der Waals surface area contributed by atoms with Gasteiger partial charge in [0, 0.05) is 17.6 Å². The summed E-state index contributed by atoms with van der Waals surface area (Å²) in [6, 6.07) is 8.23. The molecule has 1 aromatic carbocycles. The molecule has 3 heteroatoms. The minimum atomic E-state index is -0.111. The van der Waals surface area contributed by atoms with Gasteiger partial charge in [-0.15, -0.1) is 0 Å². The Morgan fingerprint density at radius 1 is 1.35 bits per heavy atom. The molecule has 1 aliphatic rings. The molecule has 0 amide bonds. The molecule has 0 spiro atoms. The van der Waals surface area contributed by atoms with Crippen molar-refractivity contribution < 1.29 is 5.11 Å². The molecule has 0 aromatic heterocycles. The number of benzene rings is 1. The quantitative estimate of drug-likeness (QED) is 0.864. The molecule has 0 bridgehead atoms. The van der Waals surface area contributed by atoms with Gasteiger partial charge < -0.3 is 10.4 Å². The van der Waals surface area contributed by atoms with E-state index in [0.29, 0.717) is 12.0 Å². The molecule has 0 heterocycles. The Morgan fingerprint density at radius 2 is 2.06 bits per heavy atom. The van der Waals surface area contributed by atoms with Crippen LogP contribution in [0.25, 0.3) is 0 Å². The largest absolute Gasteiger partial charge is 0.393 e. The molecule has 3 unspecified atom stereocenters. The summed E-state index contributed by atoms with van der Waals surface area (Å²) in [5.74, 6) is 0.421. The lowest BCUT2D eigenvalue weighted by Gasteiger charge is -2.19. The van der Waals surface area contributed by atoms with E-state index in [1.165, 1.54) is 5.56 Å². The van der Waals surface area contributed by atoms with Crippen molar-refractivity contribution in [2.45, 2.75) is 38.3 Å². The van der Waals surface area contributed by atoms with Gasteiger partial charge in [0.25, 0.3) is 0 Å². The number of aliphatic hydroxyl groups is 1. The first-order valence-corrected chi connectivity index (χ1v) is 6.71. The fourth-order valence-corrected chi connectivity index (χ4v) is 2.58. The number of hydrogen-bond acceptors (Lipinski definition) is 2. The zero-order valence-electron chi connectivity index (χ0n) is 10.2. The fraction of sp³-hybridized carbons (Fsp3) is 0.571. The van der Waals surface area contributed by atoms with Gasteiger partial charge in [-0.1, -0.05) is 30.2 Å². The highest BCUT2D eigenvalue weighted by atomic mass is 35.5. The maximum atomic E-state index is 9.75. The van der Waals surface area contributed by atoms with Crippen LogP contribution >= 0.6 is 11.6 Å². The molecule has 0 saturated heterocycles. The summed E-state index contributed by atoms with van der Waals surface area (Å²) < 4.78 is 0. The van der Waals surface area contributed by atoms with E-state index in [1.54, 1.807) is 0 Å². The van der Waals surface area contributed by atoms with E-state index in [0.717, 1.165) is 30.8 Å². The van der Waals surface area contributed by atoms with Gasteiger partial charge in [-0.2, -0.15) is 0 Å². The third-order valence-corrected chi connectivity index (χ3v) is 3.93. The van der Waals surface area contributed by atoms with Gasteiger partial charge in [0.15, 0.2) is 0 Å². The predicted octanol–water partition coefficient (Wildman–Crippen LogP) is 3.15. The molecule has 2 N–H and O–H groups in total. The van der Waals surface area contributed by atoms with E-state index in [4.69, 9.17) is 11.6 Å². The lowest BCUT2D eigenvalue weighted by Crippen LogP contribution is -2.29. The molecule has 2 rings (SSSR count). The molecule has 1 saturated carbocycles. The molecule has 2 nitrogen and oxygen atoms in total. The van der Waals surface area contributed by atoms with Crippen molar-refractivity contribution in [3.8, 4) is 0 Å². The standard InChI is InChI=1S/C14H20ClNO/c1-10(11-5-7-13(15)8-6-11)16-9-12-3-2-4-14(12)17/h5-8,10,12,14,16-17H,2-4,9H2,1H3. The summed E-state index contributed by atoms with van der Waals surface area (Å²) in [5.41, 5.74) is 1.24. The second kappa shape index (κ2) is 5.85. The number of aliphatic hydroxyl groups excluding tert-OH is 1. The fourth-order valence-electron chi connectivity index (χ4n) is 2.45. The average molecular weight is 254 g/mol. The van der Waals surface area contributed by atoms with Crippen LogP contribution in [0.5, 0.6) is 0 Å². The van der Waals surface area contributed by atoms with Crippen LogP contribution in [0, 0.1) is 5.92 Å². The lowest BCUT2D eigenvalue weighted by molar-refractivity contribution is 0.130. The van der Waals surface area contributed by atoms with E-state index in [9.17, 15) is 5.11 Å². The second-order valence-corrected chi connectivity index (χ2v) is 5.38. The summed E-state index contributed by atoms with van der Waals surface area (Å²) in [6.07, 6.45) is 3.14. The van der Waals surface area contributed by atoms with Gasteiger partial charge >= 0.3 is 0 Å². The number of hydrogen-bond donors (Lipinski definition) is 2. The van der Waals surface area contributed by atoms with E-state index in [-0.39, 0.29) is 6.10 Å². The molecular formula is C14H20ClNO. The highest BCUT2D eigenvalue weighted by Crippen LogP contribution is 2.25. The van der Waals surface area contributed by atoms with Gasteiger partial charge in [-0.05, 0) is 43.4 Å². The first-order valence-electron chi connectivity index (χ1n) is 6.33. The zero-order valence-corrected chi connectivity index (χ0v) is 11.0. The van der Waals surface area contributed by atoms with Gasteiger partial charge in [-0.25, -0.2) is 0 Å². The Hall–Kier alpha value is -0.570. The summed E-state index contributed by atoms with van der Waals surface area (Å²) in [7, 11) is 0. The summed E-state index contributed by atoms with van der Waals surface area (Å²) in [5, 5.41) is 14.0. The third-order valence-electron chi connectivity index (χ3n) is 3.68. The first-order chi connectivity index (χ1) is 8.16. The SMILES string of the molecule is CC(NCC1CCCC1O)c1ccc(Cl)cc1. The summed E-state index contributed by atoms with van der Waals surface area (Å²) >= 11 is 5.86. The molecule has 3 atom stereocenters. The van der Waals surface area contributed by atoms with Crippen LogP contribution in [-0.2, 0) is 0 Å².